The number of carbonyl (C=O) groups is 5. The molecule has 3 N–H and O–H groups in total. The molecule has 4 heterocycles. The van der Waals surface area contributed by atoms with Crippen LogP contribution in [0.25, 0.3) is 43.6 Å². The van der Waals surface area contributed by atoms with Gasteiger partial charge in [-0.05, 0) is 161 Å². The molecule has 2 fully saturated rings. The molecule has 2 aliphatic rings. The van der Waals surface area contributed by atoms with E-state index >= 15 is 0 Å². The fraction of sp³-hybridized carbons (Fsp3) is 0.466. The van der Waals surface area contributed by atoms with E-state index in [-0.39, 0.29) is 80.7 Å². The van der Waals surface area contributed by atoms with E-state index in [1.807, 2.05) is 112 Å². The average Bonchev–Trinajstić information content (AvgIpc) is 1.65. The summed E-state index contributed by atoms with van der Waals surface area (Å²) in [6.07, 6.45) is 5.38. The Kier molecular flexibility index (Phi) is 27.1. The third-order valence-corrected chi connectivity index (χ3v) is 16.8. The van der Waals surface area contributed by atoms with E-state index in [4.69, 9.17) is 33.7 Å². The second-order valence-electron chi connectivity index (χ2n) is 26.3. The molecule has 21 heteroatoms. The minimum absolute atomic E-state index is 0. The van der Waals surface area contributed by atoms with Gasteiger partial charge in [0.25, 0.3) is 0 Å². The summed E-state index contributed by atoms with van der Waals surface area (Å²) in [6, 6.07) is 39.2. The van der Waals surface area contributed by atoms with Crippen molar-refractivity contribution in [2.24, 2.45) is 0 Å². The first-order chi connectivity index (χ1) is 44.2. The van der Waals surface area contributed by atoms with Gasteiger partial charge >= 0.3 is 37.0 Å². The molecule has 0 radical (unpaired) electrons. The maximum Gasteiger partial charge on any atom is 1.00 e. The maximum absolute atomic E-state index is 13.9. The largest absolute Gasteiger partial charge is 1.00 e. The van der Waals surface area contributed by atoms with Crippen LogP contribution in [0.3, 0.4) is 0 Å². The van der Waals surface area contributed by atoms with Gasteiger partial charge in [0.2, 0.25) is 11.8 Å². The Bertz CT molecular complexity index is 3870. The number of methoxy groups -OCH3 is 3. The number of carbonyl (C=O) groups excluding carboxylic acids is 5. The number of imidazole rings is 2. The molecule has 0 bridgehead atoms. The Hall–Kier alpha value is -7.26. The molecular formula is C73H96AlLiN8O11. The van der Waals surface area contributed by atoms with Crippen molar-refractivity contribution in [3.63, 3.8) is 0 Å². The number of rotatable bonds is 22. The molecular weight excluding hydrogens is 1200 g/mol. The minimum atomic E-state index is -0.659. The summed E-state index contributed by atoms with van der Waals surface area (Å²) in [4.78, 5) is 79.7. The molecule has 4 atom stereocenters. The fourth-order valence-electron chi connectivity index (χ4n) is 12.6. The molecule has 2 saturated heterocycles. The number of nitrogens with one attached hydrogen (secondary N) is 2. The van der Waals surface area contributed by atoms with Gasteiger partial charge in [0.1, 0.15) is 22.9 Å². The molecule has 2 aliphatic heterocycles. The fourth-order valence-corrected chi connectivity index (χ4v) is 12.6. The SMILES string of the molecule is COCCCn1c(C2CCCN(C(=O)C[C@@H](Cc3ccc4ccccc4c3)NC(=O)OC(C)(C)C)C2)nc2ccc(C(=O)OC)cc21.COCCCn1c(C2CCCN(C(=O)C[C@@H](Cc3ccc4ccccc4c3)NC(=O)OC(C)(C)C)C2)nc2ccc(CO)cc21.[AlH3].[H-].[Li+]. The zero-order valence-corrected chi connectivity index (χ0v) is 56.0. The third kappa shape index (κ3) is 20.4. The smallest absolute Gasteiger partial charge is 1.00 e. The Balaban J connectivity index is 0.000000292. The molecule has 8 aromatic rings. The first-order valence-electron chi connectivity index (χ1n) is 32.3. The maximum atomic E-state index is 13.9. The summed E-state index contributed by atoms with van der Waals surface area (Å²) in [6.45, 7) is 16.0. The molecule has 4 amide bonds. The van der Waals surface area contributed by atoms with Crippen LogP contribution >= 0.6 is 0 Å². The van der Waals surface area contributed by atoms with Crippen LogP contribution in [0.5, 0.6) is 0 Å². The first kappa shape index (κ1) is 74.1. The van der Waals surface area contributed by atoms with Gasteiger partial charge in [0.15, 0.2) is 17.4 Å². The number of aryl methyl sites for hydroxylation is 2. The van der Waals surface area contributed by atoms with E-state index in [2.05, 4.69) is 74.4 Å². The third-order valence-electron chi connectivity index (χ3n) is 16.8. The van der Waals surface area contributed by atoms with Crippen molar-refractivity contribution >= 4 is 90.9 Å². The van der Waals surface area contributed by atoms with Gasteiger partial charge in [-0.1, -0.05) is 91.0 Å². The predicted octanol–water partition coefficient (Wildman–Crippen LogP) is 8.13. The summed E-state index contributed by atoms with van der Waals surface area (Å²) in [5.41, 5.74) is 5.63. The topological polar surface area (TPSA) is 218 Å². The summed E-state index contributed by atoms with van der Waals surface area (Å²) in [7, 11) is 4.75. The number of aromatic nitrogens is 4. The zero-order chi connectivity index (χ0) is 65.5. The Morgan fingerprint density at radius 2 is 1.00 bits per heavy atom. The van der Waals surface area contributed by atoms with Crippen molar-refractivity contribution in [2.75, 3.05) is 60.7 Å². The normalized spacial score (nSPS) is 15.7. The zero-order valence-electron chi connectivity index (χ0n) is 57.0. The molecule has 2 unspecified atom stereocenters. The van der Waals surface area contributed by atoms with E-state index in [1.54, 1.807) is 20.3 Å². The molecule has 498 valence electrons. The molecule has 0 spiro atoms. The standard InChI is InChI=1S/C37H46N4O6.C36H46N4O5.Al.Li.4H/c1-37(2,3)47-36(44)38-30(21-25-13-14-26-10-6-7-11-27(26)20-25)23-33(42)40-17-8-12-29(24-40)34-39-31-16-15-28(35(43)46-5)22-32(31)41(34)18-9-19-45-4;1-36(2,3)45-35(43)37-30(20-25-12-14-27-9-5-6-10-28(27)19-25)22-33(42)39-16-7-11-29(23-39)34-38-31-15-13-26(24-41)21-32(31)40(34)17-8-18-44-4;;;;;;/h6-7,10-11,13-16,20,22,29-30H,8-9,12,17-19,21,23-24H2,1-5H3,(H,38,44);5-6,9-10,12-15,19,21,29-30,41H,7-8,11,16-18,20,22-24H2,1-4H3,(H,37,43);;;;;;/q;;;+1;;;;-1/t2*29?,30-;;;;;;/m11....../s1. The van der Waals surface area contributed by atoms with E-state index in [0.29, 0.717) is 64.3 Å². The van der Waals surface area contributed by atoms with E-state index in [1.165, 1.54) is 7.11 Å². The number of aliphatic hydroxyl groups excluding tert-OH is 1. The van der Waals surface area contributed by atoms with Crippen molar-refractivity contribution in [1.82, 2.24) is 39.5 Å². The number of aliphatic hydroxyl groups is 1. The van der Waals surface area contributed by atoms with Crippen LogP contribution in [0, 0.1) is 0 Å². The molecule has 94 heavy (non-hydrogen) atoms. The van der Waals surface area contributed by atoms with Crippen LogP contribution in [0.1, 0.15) is 145 Å². The van der Waals surface area contributed by atoms with E-state index in [9.17, 15) is 29.1 Å². The summed E-state index contributed by atoms with van der Waals surface area (Å²) < 4.78 is 31.1. The molecule has 6 aromatic carbocycles. The van der Waals surface area contributed by atoms with Crippen LogP contribution in [0.15, 0.2) is 121 Å². The molecule has 2 aromatic heterocycles. The number of esters is 1. The molecule has 0 aliphatic carbocycles. The van der Waals surface area contributed by atoms with Crippen LogP contribution < -0.4 is 29.5 Å². The van der Waals surface area contributed by atoms with Crippen LogP contribution in [0.2, 0.25) is 0 Å². The van der Waals surface area contributed by atoms with Gasteiger partial charge in [-0.2, -0.15) is 0 Å². The van der Waals surface area contributed by atoms with Crippen LogP contribution in [0.4, 0.5) is 9.59 Å². The first-order valence-corrected chi connectivity index (χ1v) is 32.3. The van der Waals surface area contributed by atoms with E-state index in [0.717, 1.165) is 117 Å². The van der Waals surface area contributed by atoms with E-state index < -0.39 is 41.4 Å². The quantitative estimate of drug-likeness (QED) is 0.0253. The van der Waals surface area contributed by atoms with Gasteiger partial charge in [0.05, 0.1) is 41.3 Å². The van der Waals surface area contributed by atoms with Crippen molar-refractivity contribution in [3.05, 3.63) is 155 Å². The number of fused-ring (bicyclic) bond motifs is 4. The average molecular weight is 1300 g/mol. The van der Waals surface area contributed by atoms with Gasteiger partial charge in [0, 0.05) is 103 Å². The predicted molar refractivity (Wildman–Crippen MR) is 369 cm³/mol. The number of likely N-dealkylation sites (tertiary alicyclic amines) is 2. The summed E-state index contributed by atoms with van der Waals surface area (Å²) in [5.74, 6) is 1.54. The second kappa shape index (κ2) is 34.4. The number of hydrogen-bond acceptors (Lipinski definition) is 13. The number of alkyl carbamates (subject to hydrolysis) is 2. The molecule has 19 nitrogen and oxygen atoms in total. The Morgan fingerprint density at radius 3 is 1.43 bits per heavy atom. The van der Waals surface area contributed by atoms with Gasteiger partial charge in [-0.15, -0.1) is 0 Å². The Morgan fingerprint density at radius 1 is 0.574 bits per heavy atom. The van der Waals surface area contributed by atoms with Crippen LogP contribution in [-0.2, 0) is 65.8 Å². The van der Waals surface area contributed by atoms with Crippen molar-refractivity contribution in [3.8, 4) is 0 Å². The van der Waals surface area contributed by atoms with Crippen LogP contribution in [-0.4, -0.2) is 165 Å². The molecule has 0 saturated carbocycles. The number of benzene rings is 6. The number of hydrogen-bond donors (Lipinski definition) is 3. The summed E-state index contributed by atoms with van der Waals surface area (Å²) >= 11 is 0. The second-order valence-corrected chi connectivity index (χ2v) is 26.3. The molecule has 10 rings (SSSR count). The van der Waals surface area contributed by atoms with Gasteiger partial charge in [-0.3, -0.25) is 9.59 Å². The Labute approximate surface area is 576 Å². The van der Waals surface area contributed by atoms with Crippen molar-refractivity contribution in [2.45, 2.75) is 161 Å². The van der Waals surface area contributed by atoms with Crippen molar-refractivity contribution in [1.29, 1.82) is 0 Å². The number of piperidine rings is 2. The van der Waals surface area contributed by atoms with Gasteiger partial charge in [-0.25, -0.2) is 24.4 Å². The minimum Gasteiger partial charge on any atom is -1.00 e. The number of nitrogens with zero attached hydrogens (tertiary/aromatic N) is 6. The summed E-state index contributed by atoms with van der Waals surface area (Å²) in [5, 5.41) is 20.2. The van der Waals surface area contributed by atoms with Gasteiger partial charge < -0.3 is 59.8 Å². The number of ether oxygens (including phenoxy) is 5. The number of amides is 4. The monoisotopic (exact) mass is 1290 g/mol. The van der Waals surface area contributed by atoms with Crippen molar-refractivity contribution < 1.29 is 73.1 Å².